The molecule has 0 bridgehead atoms. The first-order valence-electron chi connectivity index (χ1n) is 4.62. The minimum atomic E-state index is -3.13. The lowest BCUT2D eigenvalue weighted by Gasteiger charge is -2.16. The van der Waals surface area contributed by atoms with Crippen LogP contribution in [0.15, 0.2) is 0 Å². The van der Waals surface area contributed by atoms with Crippen LogP contribution in [0.4, 0.5) is 0 Å². The lowest BCUT2D eigenvalue weighted by molar-refractivity contribution is 0.138. The summed E-state index contributed by atoms with van der Waals surface area (Å²) in [5.41, 5.74) is 0. The fourth-order valence-corrected chi connectivity index (χ4v) is 2.33. The Bertz CT molecular complexity index is 231. The third kappa shape index (κ3) is 5.80. The smallest absolute Gasteiger partial charge is 0.213 e. The maximum absolute atomic E-state index is 11.5. The first-order valence-corrected chi connectivity index (χ1v) is 6.76. The molecule has 0 N–H and O–H groups in total. The number of likely N-dealkylation sites (N-methyl/N-ethyl adjacent to an activating group) is 1. The number of rotatable bonds is 8. The molecular weight excluding hydrogens is 226 g/mol. The maximum atomic E-state index is 11.5. The standard InChI is InChI=1S/C8H18ClNO3S/c1-3-13-7-6-10(2)14(11,12)8-4-5-9/h3-8H2,1-2H3. The van der Waals surface area contributed by atoms with E-state index in [0.29, 0.717) is 32.1 Å². The largest absolute Gasteiger partial charge is 0.380 e. The van der Waals surface area contributed by atoms with E-state index in [1.54, 1.807) is 7.05 Å². The molecule has 0 aromatic carbocycles. The third-order valence-electron chi connectivity index (χ3n) is 1.77. The minimum Gasteiger partial charge on any atom is -0.380 e. The van der Waals surface area contributed by atoms with Gasteiger partial charge in [-0.05, 0) is 13.3 Å². The second kappa shape index (κ2) is 7.45. The molecule has 0 aromatic heterocycles. The number of hydrogen-bond acceptors (Lipinski definition) is 3. The quantitative estimate of drug-likeness (QED) is 0.470. The Morgan fingerprint density at radius 2 is 2.07 bits per heavy atom. The highest BCUT2D eigenvalue weighted by Crippen LogP contribution is 2.01. The van der Waals surface area contributed by atoms with Gasteiger partial charge in [0.05, 0.1) is 12.4 Å². The molecule has 0 amide bonds. The molecule has 0 unspecified atom stereocenters. The van der Waals surface area contributed by atoms with Crippen molar-refractivity contribution < 1.29 is 13.2 Å². The molecule has 0 saturated heterocycles. The summed E-state index contributed by atoms with van der Waals surface area (Å²) in [6, 6.07) is 0. The van der Waals surface area contributed by atoms with E-state index in [1.807, 2.05) is 6.92 Å². The van der Waals surface area contributed by atoms with Gasteiger partial charge in [-0.25, -0.2) is 12.7 Å². The van der Waals surface area contributed by atoms with E-state index >= 15 is 0 Å². The summed E-state index contributed by atoms with van der Waals surface area (Å²) < 4.78 is 29.4. The van der Waals surface area contributed by atoms with Crippen molar-refractivity contribution in [1.29, 1.82) is 0 Å². The normalized spacial score (nSPS) is 12.3. The van der Waals surface area contributed by atoms with Crippen molar-refractivity contribution in [2.24, 2.45) is 0 Å². The summed E-state index contributed by atoms with van der Waals surface area (Å²) in [5.74, 6) is 0.484. The van der Waals surface area contributed by atoms with E-state index in [2.05, 4.69) is 0 Å². The van der Waals surface area contributed by atoms with Gasteiger partial charge in [-0.1, -0.05) is 0 Å². The second-order valence-electron chi connectivity index (χ2n) is 2.88. The summed E-state index contributed by atoms with van der Waals surface area (Å²) in [6.07, 6.45) is 0.489. The van der Waals surface area contributed by atoms with Crippen LogP contribution in [0.3, 0.4) is 0 Å². The Labute approximate surface area is 91.2 Å². The molecular formula is C8H18ClNO3S. The van der Waals surface area contributed by atoms with Crippen molar-refractivity contribution >= 4 is 21.6 Å². The predicted molar refractivity (Wildman–Crippen MR) is 58.2 cm³/mol. The van der Waals surface area contributed by atoms with Gasteiger partial charge in [-0.15, -0.1) is 11.6 Å². The molecule has 6 heteroatoms. The number of nitrogens with zero attached hydrogens (tertiary/aromatic N) is 1. The van der Waals surface area contributed by atoms with Crippen molar-refractivity contribution in [3.8, 4) is 0 Å². The molecule has 0 fully saturated rings. The molecule has 0 aliphatic carbocycles. The van der Waals surface area contributed by atoms with Crippen molar-refractivity contribution in [3.05, 3.63) is 0 Å². The number of ether oxygens (including phenoxy) is 1. The van der Waals surface area contributed by atoms with Gasteiger partial charge in [-0.3, -0.25) is 0 Å². The van der Waals surface area contributed by atoms with E-state index in [4.69, 9.17) is 16.3 Å². The molecule has 0 rings (SSSR count). The highest BCUT2D eigenvalue weighted by atomic mass is 35.5. The summed E-state index contributed by atoms with van der Waals surface area (Å²) in [7, 11) is -1.58. The Morgan fingerprint density at radius 3 is 2.57 bits per heavy atom. The Hall–Kier alpha value is 0.160. The van der Waals surface area contributed by atoms with Crippen molar-refractivity contribution in [2.45, 2.75) is 13.3 Å². The van der Waals surface area contributed by atoms with Crippen molar-refractivity contribution in [1.82, 2.24) is 4.31 Å². The summed E-state index contributed by atoms with van der Waals surface area (Å²) in [5, 5.41) is 0. The van der Waals surface area contributed by atoms with E-state index in [0.717, 1.165) is 0 Å². The van der Waals surface area contributed by atoms with E-state index < -0.39 is 10.0 Å². The number of halogens is 1. The Kier molecular flexibility index (Phi) is 7.54. The average Bonchev–Trinajstić information content (AvgIpc) is 2.15. The fourth-order valence-electron chi connectivity index (χ4n) is 0.869. The highest BCUT2D eigenvalue weighted by Gasteiger charge is 2.16. The summed E-state index contributed by atoms with van der Waals surface area (Å²) >= 11 is 5.43. The number of sulfonamides is 1. The Balaban J connectivity index is 3.89. The van der Waals surface area contributed by atoms with Crippen LogP contribution in [0.5, 0.6) is 0 Å². The number of alkyl halides is 1. The van der Waals surface area contributed by atoms with Crippen LogP contribution in [0.25, 0.3) is 0 Å². The third-order valence-corrected chi connectivity index (χ3v) is 3.97. The molecule has 0 spiro atoms. The van der Waals surface area contributed by atoms with Crippen molar-refractivity contribution in [3.63, 3.8) is 0 Å². The zero-order valence-corrected chi connectivity index (χ0v) is 10.3. The molecule has 0 aliphatic rings. The molecule has 86 valence electrons. The fraction of sp³-hybridized carbons (Fsp3) is 1.00. The molecule has 0 radical (unpaired) electrons. The van der Waals surface area contributed by atoms with Gasteiger partial charge in [0.15, 0.2) is 0 Å². The van der Waals surface area contributed by atoms with Gasteiger partial charge in [0.1, 0.15) is 0 Å². The van der Waals surface area contributed by atoms with Gasteiger partial charge in [0.2, 0.25) is 10.0 Å². The van der Waals surface area contributed by atoms with Gasteiger partial charge in [0, 0.05) is 26.1 Å². The zero-order chi connectivity index (χ0) is 11.0. The minimum absolute atomic E-state index is 0.110. The maximum Gasteiger partial charge on any atom is 0.213 e. The van der Waals surface area contributed by atoms with Crippen LogP contribution in [0, 0.1) is 0 Å². The van der Waals surface area contributed by atoms with Crippen LogP contribution >= 0.6 is 11.6 Å². The summed E-state index contributed by atoms with van der Waals surface area (Å²) in [6.45, 7) is 3.32. The molecule has 0 aliphatic heterocycles. The average molecular weight is 244 g/mol. The highest BCUT2D eigenvalue weighted by molar-refractivity contribution is 7.89. The molecule has 0 atom stereocenters. The van der Waals surface area contributed by atoms with Crippen LogP contribution < -0.4 is 0 Å². The first kappa shape index (κ1) is 14.2. The van der Waals surface area contributed by atoms with Crippen LogP contribution in [0.2, 0.25) is 0 Å². The molecule has 4 nitrogen and oxygen atoms in total. The van der Waals surface area contributed by atoms with Gasteiger partial charge in [0.25, 0.3) is 0 Å². The monoisotopic (exact) mass is 243 g/mol. The lowest BCUT2D eigenvalue weighted by Crippen LogP contribution is -2.32. The predicted octanol–water partition coefficient (Wildman–Crippen LogP) is 0.913. The second-order valence-corrected chi connectivity index (χ2v) is 5.45. The topological polar surface area (TPSA) is 46.6 Å². The Morgan fingerprint density at radius 1 is 1.43 bits per heavy atom. The van der Waals surface area contributed by atoms with E-state index in [-0.39, 0.29) is 5.75 Å². The molecule has 0 aromatic rings. The van der Waals surface area contributed by atoms with Crippen LogP contribution in [-0.4, -0.2) is 51.2 Å². The van der Waals surface area contributed by atoms with Gasteiger partial charge >= 0.3 is 0 Å². The van der Waals surface area contributed by atoms with Gasteiger partial charge in [-0.2, -0.15) is 0 Å². The summed E-state index contributed by atoms with van der Waals surface area (Å²) in [4.78, 5) is 0. The van der Waals surface area contributed by atoms with Crippen molar-refractivity contribution in [2.75, 3.05) is 38.4 Å². The molecule has 0 heterocycles. The van der Waals surface area contributed by atoms with E-state index in [9.17, 15) is 8.42 Å². The first-order chi connectivity index (χ1) is 6.54. The number of hydrogen-bond donors (Lipinski definition) is 0. The lowest BCUT2D eigenvalue weighted by atomic mass is 10.6. The SMILES string of the molecule is CCOCCN(C)S(=O)(=O)CCCCl. The van der Waals surface area contributed by atoms with E-state index in [1.165, 1.54) is 4.31 Å². The molecule has 14 heavy (non-hydrogen) atoms. The van der Waals surface area contributed by atoms with Gasteiger partial charge < -0.3 is 4.74 Å². The molecule has 0 saturated carbocycles. The van der Waals surface area contributed by atoms with Crippen LogP contribution in [-0.2, 0) is 14.8 Å². The van der Waals surface area contributed by atoms with Crippen LogP contribution in [0.1, 0.15) is 13.3 Å². The zero-order valence-electron chi connectivity index (χ0n) is 8.70.